The molecule has 8 heteroatoms. The molecule has 0 saturated heterocycles. The molecule has 212 valence electrons. The average molecular weight is 553 g/mol. The summed E-state index contributed by atoms with van der Waals surface area (Å²) in [6, 6.07) is 11.7. The summed E-state index contributed by atoms with van der Waals surface area (Å²) in [5, 5.41) is 13.1. The van der Waals surface area contributed by atoms with Crippen molar-refractivity contribution in [3.05, 3.63) is 82.9 Å². The summed E-state index contributed by atoms with van der Waals surface area (Å²) in [6.45, 7) is 2.67. The van der Waals surface area contributed by atoms with Gasteiger partial charge in [-0.2, -0.15) is 0 Å². The van der Waals surface area contributed by atoms with Crippen molar-refractivity contribution in [1.82, 2.24) is 20.3 Å². The van der Waals surface area contributed by atoms with Crippen LogP contribution in [0.1, 0.15) is 76.6 Å². The molecule has 0 unspecified atom stereocenters. The van der Waals surface area contributed by atoms with Crippen molar-refractivity contribution in [2.45, 2.75) is 58.5 Å². The summed E-state index contributed by atoms with van der Waals surface area (Å²) >= 11 is 0. The largest absolute Gasteiger partial charge is 0.496 e. The number of unbranched alkanes of at least 4 members (excludes halogenated alkanes) is 1. The number of nitrogens with one attached hydrogen (secondary N) is 1. The number of pyridine rings is 1. The molecular formula is C33H36N4O4. The van der Waals surface area contributed by atoms with Gasteiger partial charge in [-0.05, 0) is 60.8 Å². The summed E-state index contributed by atoms with van der Waals surface area (Å²) in [4.78, 5) is 39.4. The Morgan fingerprint density at radius 3 is 2.44 bits per heavy atom. The second-order valence-corrected chi connectivity index (χ2v) is 10.7. The first kappa shape index (κ1) is 28.4. The summed E-state index contributed by atoms with van der Waals surface area (Å²) < 4.78 is 5.71. The molecule has 5 rings (SSSR count). The molecule has 2 N–H and O–H groups in total. The van der Waals surface area contributed by atoms with Crippen LogP contribution in [0, 0.1) is 5.92 Å². The van der Waals surface area contributed by atoms with E-state index in [0.717, 1.165) is 59.7 Å². The quantitative estimate of drug-likeness (QED) is 0.166. The average Bonchev–Trinajstić information content (AvgIpc) is 3.83. The molecule has 0 bridgehead atoms. The van der Waals surface area contributed by atoms with Gasteiger partial charge in [-0.15, -0.1) is 0 Å². The molecule has 2 aromatic carbocycles. The van der Waals surface area contributed by atoms with E-state index in [-0.39, 0.29) is 24.0 Å². The van der Waals surface area contributed by atoms with Crippen LogP contribution in [0.4, 0.5) is 0 Å². The van der Waals surface area contributed by atoms with Gasteiger partial charge in [0.2, 0.25) is 0 Å². The van der Waals surface area contributed by atoms with Gasteiger partial charge in [0.15, 0.2) is 5.78 Å². The number of methoxy groups -OCH3 is 1. The molecular weight excluding hydrogens is 516 g/mol. The third-order valence-electron chi connectivity index (χ3n) is 7.62. The SMILES string of the molecule is CCCCNC(=O)c1cnc(-c2cc3c(CCc4ccc(CO)cc4)c(C(=O)CC4CC4)cnc3cc2OC)cn1. The van der Waals surface area contributed by atoms with Crippen LogP contribution < -0.4 is 10.1 Å². The van der Waals surface area contributed by atoms with Crippen LogP contribution >= 0.6 is 0 Å². The van der Waals surface area contributed by atoms with Crippen LogP contribution in [-0.2, 0) is 19.4 Å². The van der Waals surface area contributed by atoms with E-state index in [2.05, 4.69) is 27.2 Å². The Morgan fingerprint density at radius 2 is 1.78 bits per heavy atom. The maximum Gasteiger partial charge on any atom is 0.271 e. The lowest BCUT2D eigenvalue weighted by Crippen LogP contribution is -2.25. The van der Waals surface area contributed by atoms with Gasteiger partial charge >= 0.3 is 0 Å². The van der Waals surface area contributed by atoms with Crippen molar-refractivity contribution in [2.75, 3.05) is 13.7 Å². The molecule has 8 nitrogen and oxygen atoms in total. The highest BCUT2D eigenvalue weighted by Crippen LogP contribution is 2.37. The monoisotopic (exact) mass is 552 g/mol. The van der Waals surface area contributed by atoms with E-state index in [1.165, 1.54) is 6.20 Å². The van der Waals surface area contributed by atoms with E-state index in [0.29, 0.717) is 47.9 Å². The van der Waals surface area contributed by atoms with E-state index in [1.807, 2.05) is 36.4 Å². The van der Waals surface area contributed by atoms with Crippen molar-refractivity contribution in [3.8, 4) is 17.0 Å². The minimum atomic E-state index is -0.250. The first-order chi connectivity index (χ1) is 20.0. The Kier molecular flexibility index (Phi) is 8.99. The number of carbonyl (C=O) groups excluding carboxylic acids is 2. The molecule has 1 aliphatic carbocycles. The molecule has 1 amide bonds. The number of Topliss-reactive ketones (excluding diaryl/α,β-unsaturated/α-hetero) is 1. The number of aryl methyl sites for hydroxylation is 2. The summed E-state index contributed by atoms with van der Waals surface area (Å²) in [5.74, 6) is 0.932. The molecule has 1 fully saturated rings. The third-order valence-corrected chi connectivity index (χ3v) is 7.62. The minimum Gasteiger partial charge on any atom is -0.496 e. The van der Waals surface area contributed by atoms with Crippen molar-refractivity contribution >= 4 is 22.6 Å². The van der Waals surface area contributed by atoms with Crippen LogP contribution in [-0.4, -0.2) is 45.4 Å². The number of ketones is 1. The highest BCUT2D eigenvalue weighted by molar-refractivity contribution is 6.03. The van der Waals surface area contributed by atoms with E-state index >= 15 is 0 Å². The van der Waals surface area contributed by atoms with Crippen LogP contribution in [0.2, 0.25) is 0 Å². The van der Waals surface area contributed by atoms with Gasteiger partial charge in [-0.25, -0.2) is 4.98 Å². The fourth-order valence-corrected chi connectivity index (χ4v) is 4.98. The number of fused-ring (bicyclic) bond motifs is 1. The second kappa shape index (κ2) is 13.0. The second-order valence-electron chi connectivity index (χ2n) is 10.7. The number of carbonyl (C=O) groups is 2. The molecule has 0 radical (unpaired) electrons. The van der Waals surface area contributed by atoms with Gasteiger partial charge in [0, 0.05) is 41.7 Å². The van der Waals surface area contributed by atoms with E-state index < -0.39 is 0 Å². The molecule has 2 aromatic heterocycles. The zero-order valence-electron chi connectivity index (χ0n) is 23.7. The van der Waals surface area contributed by atoms with Crippen molar-refractivity contribution in [2.24, 2.45) is 5.92 Å². The Bertz CT molecular complexity index is 1530. The van der Waals surface area contributed by atoms with E-state index in [4.69, 9.17) is 4.74 Å². The van der Waals surface area contributed by atoms with Crippen LogP contribution in [0.5, 0.6) is 5.75 Å². The fourth-order valence-electron chi connectivity index (χ4n) is 4.98. The van der Waals surface area contributed by atoms with Crippen LogP contribution in [0.15, 0.2) is 55.0 Å². The van der Waals surface area contributed by atoms with Gasteiger partial charge in [0.1, 0.15) is 11.4 Å². The number of nitrogens with zero attached hydrogens (tertiary/aromatic N) is 3. The van der Waals surface area contributed by atoms with Crippen LogP contribution in [0.25, 0.3) is 22.2 Å². The normalized spacial score (nSPS) is 12.9. The molecule has 4 aromatic rings. The van der Waals surface area contributed by atoms with Gasteiger partial charge < -0.3 is 15.2 Å². The lowest BCUT2D eigenvalue weighted by atomic mass is 9.92. The number of amides is 1. The zero-order chi connectivity index (χ0) is 28.8. The number of ether oxygens (including phenoxy) is 1. The molecule has 0 aliphatic heterocycles. The lowest BCUT2D eigenvalue weighted by Gasteiger charge is -2.16. The molecule has 1 aliphatic rings. The number of rotatable bonds is 13. The van der Waals surface area contributed by atoms with E-state index in [1.54, 1.807) is 19.5 Å². The number of hydrogen-bond acceptors (Lipinski definition) is 7. The van der Waals surface area contributed by atoms with E-state index in [9.17, 15) is 14.7 Å². The molecule has 2 heterocycles. The highest BCUT2D eigenvalue weighted by atomic mass is 16.5. The number of hydrogen-bond donors (Lipinski definition) is 2. The van der Waals surface area contributed by atoms with Crippen LogP contribution in [0.3, 0.4) is 0 Å². The zero-order valence-corrected chi connectivity index (χ0v) is 23.7. The van der Waals surface area contributed by atoms with Gasteiger partial charge in [0.25, 0.3) is 5.91 Å². The Morgan fingerprint density at radius 1 is 1.00 bits per heavy atom. The van der Waals surface area contributed by atoms with Crippen molar-refractivity contribution in [1.29, 1.82) is 0 Å². The Labute approximate surface area is 240 Å². The first-order valence-corrected chi connectivity index (χ1v) is 14.3. The smallest absolute Gasteiger partial charge is 0.271 e. The van der Waals surface area contributed by atoms with Gasteiger partial charge in [-0.3, -0.25) is 19.6 Å². The summed E-state index contributed by atoms with van der Waals surface area (Å²) in [5.41, 5.74) is 5.88. The minimum absolute atomic E-state index is 0.00704. The lowest BCUT2D eigenvalue weighted by molar-refractivity contribution is 0.0945. The standard InChI is InChI=1S/C33H36N4O4/c1-3-4-13-34-33(40)30-19-36-29(18-37-30)26-15-25-24(12-11-21-5-9-23(20-38)10-6-21)27(31(39)14-22-7-8-22)17-35-28(25)16-32(26)41-2/h5-6,9-10,15-19,22,38H,3-4,7-8,11-14,20H2,1-2H3,(H,34,40). The van der Waals surface area contributed by atoms with Crippen molar-refractivity contribution in [3.63, 3.8) is 0 Å². The fraction of sp³-hybridized carbons (Fsp3) is 0.364. The predicted octanol–water partition coefficient (Wildman–Crippen LogP) is 5.49. The predicted molar refractivity (Wildman–Crippen MR) is 158 cm³/mol. The summed E-state index contributed by atoms with van der Waals surface area (Å²) in [7, 11) is 1.60. The maximum absolute atomic E-state index is 13.4. The highest BCUT2D eigenvalue weighted by Gasteiger charge is 2.27. The maximum atomic E-state index is 13.4. The van der Waals surface area contributed by atoms with Gasteiger partial charge in [-0.1, -0.05) is 37.6 Å². The molecule has 0 atom stereocenters. The number of aliphatic hydroxyl groups excluding tert-OH is 1. The Hall–Kier alpha value is -4.17. The molecule has 1 saturated carbocycles. The van der Waals surface area contributed by atoms with Gasteiger partial charge in [0.05, 0.1) is 37.3 Å². The van der Waals surface area contributed by atoms with Crippen molar-refractivity contribution < 1.29 is 19.4 Å². The number of aromatic nitrogens is 3. The third kappa shape index (κ3) is 6.77. The topological polar surface area (TPSA) is 114 Å². The molecule has 0 spiro atoms. The number of aliphatic hydroxyl groups is 1. The molecule has 41 heavy (non-hydrogen) atoms. The number of benzene rings is 2. The Balaban J connectivity index is 1.52. The summed E-state index contributed by atoms with van der Waals surface area (Å²) in [6.07, 6.45) is 10.8. The first-order valence-electron chi connectivity index (χ1n) is 14.3.